The zero-order valence-corrected chi connectivity index (χ0v) is 15.0. The molecule has 0 spiro atoms. The molecule has 0 aromatic heterocycles. The normalized spacial score (nSPS) is 16.9. The van der Waals surface area contributed by atoms with Crippen LogP contribution in [0.2, 0.25) is 0 Å². The molecule has 22 heavy (non-hydrogen) atoms. The molecule has 0 N–H and O–H groups in total. The zero-order chi connectivity index (χ0) is 16.3. The molecule has 118 valence electrons. The minimum atomic E-state index is 0.424. The SMILES string of the molecule is CCCCN=C(C)c1ccccc1C1C(C)=C(C)C(C)=C1C. The van der Waals surface area contributed by atoms with E-state index in [1.165, 1.54) is 52.0 Å². The summed E-state index contributed by atoms with van der Waals surface area (Å²) in [5.41, 5.74) is 9.78. The Morgan fingerprint density at radius 2 is 1.59 bits per heavy atom. The van der Waals surface area contributed by atoms with E-state index in [1.807, 2.05) is 0 Å². The third-order valence-corrected chi connectivity index (χ3v) is 5.13. The topological polar surface area (TPSA) is 12.4 Å². The number of hydrogen-bond donors (Lipinski definition) is 0. The summed E-state index contributed by atoms with van der Waals surface area (Å²) in [5.74, 6) is 0.424. The van der Waals surface area contributed by atoms with Crippen molar-refractivity contribution < 1.29 is 0 Å². The predicted molar refractivity (Wildman–Crippen MR) is 97.9 cm³/mol. The van der Waals surface area contributed by atoms with Crippen LogP contribution in [0.5, 0.6) is 0 Å². The van der Waals surface area contributed by atoms with Crippen LogP contribution in [0, 0.1) is 0 Å². The van der Waals surface area contributed by atoms with E-state index < -0.39 is 0 Å². The van der Waals surface area contributed by atoms with Crippen molar-refractivity contribution >= 4 is 5.71 Å². The minimum absolute atomic E-state index is 0.424. The lowest BCUT2D eigenvalue weighted by Gasteiger charge is -2.20. The first-order chi connectivity index (χ1) is 10.5. The van der Waals surface area contributed by atoms with Crippen molar-refractivity contribution in [3.8, 4) is 0 Å². The molecule has 1 aromatic rings. The molecule has 0 bridgehead atoms. The fourth-order valence-electron chi connectivity index (χ4n) is 3.38. The fourth-order valence-corrected chi connectivity index (χ4v) is 3.38. The molecule has 1 aliphatic carbocycles. The Balaban J connectivity index is 2.44. The maximum absolute atomic E-state index is 4.79. The monoisotopic (exact) mass is 295 g/mol. The molecule has 0 saturated heterocycles. The maximum Gasteiger partial charge on any atom is 0.0392 e. The van der Waals surface area contributed by atoms with Crippen LogP contribution in [0.15, 0.2) is 51.6 Å². The van der Waals surface area contributed by atoms with Gasteiger partial charge in [-0.2, -0.15) is 0 Å². The quantitative estimate of drug-likeness (QED) is 0.462. The first kappa shape index (κ1) is 16.7. The third kappa shape index (κ3) is 3.09. The van der Waals surface area contributed by atoms with Gasteiger partial charge < -0.3 is 0 Å². The van der Waals surface area contributed by atoms with Gasteiger partial charge in [0.05, 0.1) is 0 Å². The highest BCUT2D eigenvalue weighted by molar-refractivity contribution is 6.00. The highest BCUT2D eigenvalue weighted by Crippen LogP contribution is 2.44. The number of rotatable bonds is 5. The summed E-state index contributed by atoms with van der Waals surface area (Å²) < 4.78 is 0. The molecule has 0 atom stereocenters. The summed E-state index contributed by atoms with van der Waals surface area (Å²) in [7, 11) is 0. The second kappa shape index (κ2) is 7.09. The van der Waals surface area contributed by atoms with E-state index in [0.29, 0.717) is 5.92 Å². The Morgan fingerprint density at radius 1 is 1.00 bits per heavy atom. The third-order valence-electron chi connectivity index (χ3n) is 5.13. The van der Waals surface area contributed by atoms with Crippen molar-refractivity contribution in [2.75, 3.05) is 6.54 Å². The van der Waals surface area contributed by atoms with Gasteiger partial charge in [-0.05, 0) is 63.3 Å². The molecule has 0 radical (unpaired) electrons. The van der Waals surface area contributed by atoms with E-state index in [-0.39, 0.29) is 0 Å². The molecular weight excluding hydrogens is 266 g/mol. The van der Waals surface area contributed by atoms with E-state index in [9.17, 15) is 0 Å². The van der Waals surface area contributed by atoms with Gasteiger partial charge >= 0.3 is 0 Å². The first-order valence-electron chi connectivity index (χ1n) is 8.44. The van der Waals surface area contributed by atoms with Gasteiger partial charge in [-0.15, -0.1) is 0 Å². The Bertz CT molecular complexity index is 620. The largest absolute Gasteiger partial charge is 0.289 e. The molecule has 0 aliphatic heterocycles. The van der Waals surface area contributed by atoms with Crippen LogP contribution < -0.4 is 0 Å². The molecule has 1 aliphatic rings. The minimum Gasteiger partial charge on any atom is -0.289 e. The molecular formula is C21H29N. The van der Waals surface area contributed by atoms with Crippen molar-refractivity contribution in [3.05, 3.63) is 57.7 Å². The summed E-state index contributed by atoms with van der Waals surface area (Å²) >= 11 is 0. The molecule has 1 heteroatoms. The molecule has 0 heterocycles. The first-order valence-corrected chi connectivity index (χ1v) is 8.44. The number of hydrogen-bond acceptors (Lipinski definition) is 1. The van der Waals surface area contributed by atoms with Gasteiger partial charge in [-0.3, -0.25) is 4.99 Å². The fraction of sp³-hybridized carbons (Fsp3) is 0.476. The van der Waals surface area contributed by atoms with E-state index in [0.717, 1.165) is 6.54 Å². The smallest absolute Gasteiger partial charge is 0.0392 e. The highest BCUT2D eigenvalue weighted by Gasteiger charge is 2.27. The summed E-state index contributed by atoms with van der Waals surface area (Å²) in [6, 6.07) is 8.79. The van der Waals surface area contributed by atoms with Gasteiger partial charge in [0.15, 0.2) is 0 Å². The van der Waals surface area contributed by atoms with Crippen molar-refractivity contribution in [2.45, 2.75) is 60.3 Å². The average molecular weight is 295 g/mol. The van der Waals surface area contributed by atoms with Gasteiger partial charge in [0, 0.05) is 18.2 Å². The van der Waals surface area contributed by atoms with Crippen LogP contribution in [0.25, 0.3) is 0 Å². The Morgan fingerprint density at radius 3 is 2.18 bits per heavy atom. The standard InChI is InChI=1S/C21H29N/c1-7-8-13-22-18(6)19-11-9-10-12-20(19)21-16(4)14(2)15(3)17(21)5/h9-12,21H,7-8,13H2,1-6H3. The molecule has 0 saturated carbocycles. The van der Waals surface area contributed by atoms with Crippen LogP contribution in [0.3, 0.4) is 0 Å². The van der Waals surface area contributed by atoms with Crippen molar-refractivity contribution in [2.24, 2.45) is 4.99 Å². The highest BCUT2D eigenvalue weighted by atomic mass is 14.7. The van der Waals surface area contributed by atoms with E-state index in [1.54, 1.807) is 0 Å². The van der Waals surface area contributed by atoms with Crippen LogP contribution in [-0.2, 0) is 0 Å². The number of unbranched alkanes of at least 4 members (excludes halogenated alkanes) is 1. The van der Waals surface area contributed by atoms with Gasteiger partial charge in [0.25, 0.3) is 0 Å². The van der Waals surface area contributed by atoms with Crippen molar-refractivity contribution in [3.63, 3.8) is 0 Å². The van der Waals surface area contributed by atoms with E-state index in [4.69, 9.17) is 4.99 Å². The molecule has 0 amide bonds. The number of nitrogens with zero attached hydrogens (tertiary/aromatic N) is 1. The Labute approximate surface area is 135 Å². The van der Waals surface area contributed by atoms with Crippen LogP contribution >= 0.6 is 0 Å². The Kier molecular flexibility index (Phi) is 5.39. The van der Waals surface area contributed by atoms with Gasteiger partial charge in [0.2, 0.25) is 0 Å². The molecule has 1 aromatic carbocycles. The van der Waals surface area contributed by atoms with E-state index >= 15 is 0 Å². The second-order valence-electron chi connectivity index (χ2n) is 6.46. The van der Waals surface area contributed by atoms with E-state index in [2.05, 4.69) is 65.8 Å². The summed E-state index contributed by atoms with van der Waals surface area (Å²) in [6.45, 7) is 14.4. The predicted octanol–water partition coefficient (Wildman–Crippen LogP) is 6.07. The van der Waals surface area contributed by atoms with Gasteiger partial charge in [0.1, 0.15) is 0 Å². The molecule has 1 nitrogen and oxygen atoms in total. The molecule has 0 fully saturated rings. The Hall–Kier alpha value is -1.63. The molecule has 0 unspecified atom stereocenters. The number of benzene rings is 1. The summed E-state index contributed by atoms with van der Waals surface area (Å²) in [4.78, 5) is 4.79. The maximum atomic E-state index is 4.79. The summed E-state index contributed by atoms with van der Waals surface area (Å²) in [5, 5.41) is 0. The van der Waals surface area contributed by atoms with Gasteiger partial charge in [-0.25, -0.2) is 0 Å². The number of allylic oxidation sites excluding steroid dienone is 4. The summed E-state index contributed by atoms with van der Waals surface area (Å²) in [6.07, 6.45) is 2.36. The van der Waals surface area contributed by atoms with Crippen LogP contribution in [0.4, 0.5) is 0 Å². The lowest BCUT2D eigenvalue weighted by atomic mass is 9.85. The lowest BCUT2D eigenvalue weighted by molar-refractivity contribution is 0.807. The second-order valence-corrected chi connectivity index (χ2v) is 6.46. The van der Waals surface area contributed by atoms with Crippen molar-refractivity contribution in [1.29, 1.82) is 0 Å². The lowest BCUT2D eigenvalue weighted by Crippen LogP contribution is -2.08. The van der Waals surface area contributed by atoms with Gasteiger partial charge in [-0.1, -0.05) is 48.8 Å². The van der Waals surface area contributed by atoms with Crippen LogP contribution in [0.1, 0.15) is 71.4 Å². The number of aliphatic imine (C=N–C) groups is 1. The van der Waals surface area contributed by atoms with Crippen molar-refractivity contribution in [1.82, 2.24) is 0 Å². The average Bonchev–Trinajstić information content (AvgIpc) is 2.71. The molecule has 2 rings (SSSR count). The zero-order valence-electron chi connectivity index (χ0n) is 15.0. The van der Waals surface area contributed by atoms with Crippen LogP contribution in [-0.4, -0.2) is 12.3 Å².